The third-order valence-corrected chi connectivity index (χ3v) is 3.02. The fourth-order valence-electron chi connectivity index (χ4n) is 1.93. The zero-order chi connectivity index (χ0) is 13.8. The summed E-state index contributed by atoms with van der Waals surface area (Å²) in [5.41, 5.74) is 0.991. The summed E-state index contributed by atoms with van der Waals surface area (Å²) < 4.78 is 0. The van der Waals surface area contributed by atoms with Crippen molar-refractivity contribution in [2.45, 2.75) is 0 Å². The standard InChI is InChI=1S/C14H17N3O2/c1-15-7-8-17(2)13-9-11(14(18)19)10-5-3-4-6-12(10)16-13/h3-6,9,15H,7-8H2,1-2H3,(H,18,19). The Balaban J connectivity index is 2.49. The number of aromatic carboxylic acids is 1. The number of rotatable bonds is 5. The molecule has 0 aliphatic heterocycles. The summed E-state index contributed by atoms with van der Waals surface area (Å²) in [6.45, 7) is 1.58. The number of hydrogen-bond acceptors (Lipinski definition) is 4. The molecule has 0 amide bonds. The van der Waals surface area contributed by atoms with Crippen LogP contribution in [0.25, 0.3) is 10.9 Å². The summed E-state index contributed by atoms with van der Waals surface area (Å²) in [7, 11) is 3.78. The number of pyridine rings is 1. The van der Waals surface area contributed by atoms with E-state index in [0.717, 1.165) is 13.1 Å². The van der Waals surface area contributed by atoms with Crippen molar-refractivity contribution in [2.75, 3.05) is 32.1 Å². The smallest absolute Gasteiger partial charge is 0.336 e. The lowest BCUT2D eigenvalue weighted by Gasteiger charge is -2.19. The lowest BCUT2D eigenvalue weighted by Crippen LogP contribution is -2.27. The molecule has 0 saturated carbocycles. The molecule has 1 heterocycles. The molecule has 0 aliphatic carbocycles. The van der Waals surface area contributed by atoms with Gasteiger partial charge in [-0.2, -0.15) is 0 Å². The largest absolute Gasteiger partial charge is 0.478 e. The van der Waals surface area contributed by atoms with E-state index in [0.29, 0.717) is 16.7 Å². The van der Waals surface area contributed by atoms with Crippen molar-refractivity contribution >= 4 is 22.7 Å². The number of para-hydroxylation sites is 1. The molecule has 0 unspecified atom stereocenters. The van der Waals surface area contributed by atoms with Crippen molar-refractivity contribution in [3.8, 4) is 0 Å². The number of likely N-dealkylation sites (N-methyl/N-ethyl adjacent to an activating group) is 2. The number of carbonyl (C=O) groups is 1. The number of carboxylic acids is 1. The van der Waals surface area contributed by atoms with Gasteiger partial charge in [0.15, 0.2) is 0 Å². The summed E-state index contributed by atoms with van der Waals surface area (Å²) in [5, 5.41) is 13.0. The topological polar surface area (TPSA) is 65.5 Å². The second kappa shape index (κ2) is 5.67. The second-order valence-electron chi connectivity index (χ2n) is 4.38. The Hall–Kier alpha value is -2.14. The number of nitrogens with zero attached hydrogens (tertiary/aromatic N) is 2. The molecule has 2 rings (SSSR count). The Labute approximate surface area is 111 Å². The Morgan fingerprint density at radius 2 is 2.16 bits per heavy atom. The van der Waals surface area contributed by atoms with E-state index in [1.165, 1.54) is 0 Å². The molecule has 5 heteroatoms. The van der Waals surface area contributed by atoms with Crippen LogP contribution in [0.5, 0.6) is 0 Å². The van der Waals surface area contributed by atoms with Gasteiger partial charge < -0.3 is 15.3 Å². The van der Waals surface area contributed by atoms with Crippen LogP contribution in [0.1, 0.15) is 10.4 Å². The number of carboxylic acid groups (broad SMARTS) is 1. The van der Waals surface area contributed by atoms with Crippen LogP contribution in [0.2, 0.25) is 0 Å². The zero-order valence-corrected chi connectivity index (χ0v) is 11.1. The molecule has 2 N–H and O–H groups in total. The predicted octanol–water partition coefficient (Wildman–Crippen LogP) is 1.59. The highest BCUT2D eigenvalue weighted by Gasteiger charge is 2.13. The van der Waals surface area contributed by atoms with Gasteiger partial charge in [-0.25, -0.2) is 9.78 Å². The first kappa shape index (κ1) is 13.3. The van der Waals surface area contributed by atoms with Crippen molar-refractivity contribution in [1.82, 2.24) is 10.3 Å². The molecule has 1 aromatic heterocycles. The van der Waals surface area contributed by atoms with Gasteiger partial charge in [0.1, 0.15) is 5.82 Å². The summed E-state index contributed by atoms with van der Waals surface area (Å²) in [5.74, 6) is -0.256. The Bertz CT molecular complexity index is 598. The van der Waals surface area contributed by atoms with Gasteiger partial charge in [-0.1, -0.05) is 18.2 Å². The molecular weight excluding hydrogens is 242 g/mol. The molecule has 2 aromatic rings. The van der Waals surface area contributed by atoms with Crippen molar-refractivity contribution in [3.63, 3.8) is 0 Å². The van der Waals surface area contributed by atoms with Gasteiger partial charge in [0, 0.05) is 25.5 Å². The number of anilines is 1. The van der Waals surface area contributed by atoms with Crippen molar-refractivity contribution in [1.29, 1.82) is 0 Å². The van der Waals surface area contributed by atoms with Gasteiger partial charge in [0.05, 0.1) is 11.1 Å². The minimum absolute atomic E-state index is 0.289. The lowest BCUT2D eigenvalue weighted by atomic mass is 10.1. The Kier molecular flexibility index (Phi) is 3.97. The predicted molar refractivity (Wildman–Crippen MR) is 75.9 cm³/mol. The SMILES string of the molecule is CNCCN(C)c1cc(C(=O)O)c2ccccc2n1. The maximum atomic E-state index is 11.3. The van der Waals surface area contributed by atoms with Gasteiger partial charge >= 0.3 is 5.97 Å². The fourth-order valence-corrected chi connectivity index (χ4v) is 1.93. The van der Waals surface area contributed by atoms with Crippen LogP contribution in [-0.4, -0.2) is 43.2 Å². The van der Waals surface area contributed by atoms with Gasteiger partial charge in [0.25, 0.3) is 0 Å². The molecule has 0 bridgehead atoms. The fraction of sp³-hybridized carbons (Fsp3) is 0.286. The van der Waals surface area contributed by atoms with Gasteiger partial charge in [0.2, 0.25) is 0 Å². The highest BCUT2D eigenvalue weighted by molar-refractivity contribution is 6.03. The van der Waals surface area contributed by atoms with Gasteiger partial charge in [-0.3, -0.25) is 0 Å². The summed E-state index contributed by atoms with van der Waals surface area (Å²) in [6.07, 6.45) is 0. The van der Waals surface area contributed by atoms with Gasteiger partial charge in [-0.05, 0) is 19.2 Å². The first-order valence-electron chi connectivity index (χ1n) is 6.12. The normalized spacial score (nSPS) is 10.6. The van der Waals surface area contributed by atoms with Crippen molar-refractivity contribution < 1.29 is 9.90 Å². The molecular formula is C14H17N3O2. The number of aromatic nitrogens is 1. The van der Waals surface area contributed by atoms with E-state index >= 15 is 0 Å². The van der Waals surface area contributed by atoms with E-state index in [4.69, 9.17) is 0 Å². The molecule has 0 radical (unpaired) electrons. The van der Waals surface area contributed by atoms with Crippen LogP contribution in [0.15, 0.2) is 30.3 Å². The molecule has 19 heavy (non-hydrogen) atoms. The zero-order valence-electron chi connectivity index (χ0n) is 11.1. The number of benzene rings is 1. The van der Waals surface area contributed by atoms with E-state index in [1.807, 2.05) is 37.2 Å². The molecule has 0 atom stereocenters. The maximum Gasteiger partial charge on any atom is 0.336 e. The number of fused-ring (bicyclic) bond motifs is 1. The minimum atomic E-state index is -0.929. The third-order valence-electron chi connectivity index (χ3n) is 3.02. The van der Waals surface area contributed by atoms with E-state index < -0.39 is 5.97 Å². The van der Waals surface area contributed by atoms with Crippen LogP contribution < -0.4 is 10.2 Å². The van der Waals surface area contributed by atoms with Crippen LogP contribution in [0.4, 0.5) is 5.82 Å². The Morgan fingerprint density at radius 1 is 1.42 bits per heavy atom. The molecule has 0 spiro atoms. The van der Waals surface area contributed by atoms with Crippen LogP contribution >= 0.6 is 0 Å². The summed E-state index contributed by atoms with van der Waals surface area (Å²) >= 11 is 0. The van der Waals surface area contributed by atoms with E-state index in [-0.39, 0.29) is 5.56 Å². The second-order valence-corrected chi connectivity index (χ2v) is 4.38. The monoisotopic (exact) mass is 259 g/mol. The first-order chi connectivity index (χ1) is 9.13. The highest BCUT2D eigenvalue weighted by atomic mass is 16.4. The number of hydrogen-bond donors (Lipinski definition) is 2. The van der Waals surface area contributed by atoms with E-state index in [9.17, 15) is 9.90 Å². The van der Waals surface area contributed by atoms with E-state index in [2.05, 4.69) is 10.3 Å². The van der Waals surface area contributed by atoms with Crippen LogP contribution in [-0.2, 0) is 0 Å². The third kappa shape index (κ3) is 2.82. The quantitative estimate of drug-likeness (QED) is 0.853. The first-order valence-corrected chi connectivity index (χ1v) is 6.12. The molecule has 0 saturated heterocycles. The maximum absolute atomic E-state index is 11.3. The lowest BCUT2D eigenvalue weighted by molar-refractivity contribution is 0.0699. The van der Waals surface area contributed by atoms with Crippen molar-refractivity contribution in [2.24, 2.45) is 0 Å². The summed E-state index contributed by atoms with van der Waals surface area (Å²) in [6, 6.07) is 8.92. The molecule has 100 valence electrons. The van der Waals surface area contributed by atoms with Crippen LogP contribution in [0, 0.1) is 0 Å². The summed E-state index contributed by atoms with van der Waals surface area (Å²) in [4.78, 5) is 17.8. The molecule has 1 aromatic carbocycles. The molecule has 5 nitrogen and oxygen atoms in total. The van der Waals surface area contributed by atoms with E-state index in [1.54, 1.807) is 12.1 Å². The average Bonchev–Trinajstić information content (AvgIpc) is 2.43. The molecule has 0 fully saturated rings. The van der Waals surface area contributed by atoms with Gasteiger partial charge in [-0.15, -0.1) is 0 Å². The average molecular weight is 259 g/mol. The highest BCUT2D eigenvalue weighted by Crippen LogP contribution is 2.22. The minimum Gasteiger partial charge on any atom is -0.478 e. The van der Waals surface area contributed by atoms with Crippen molar-refractivity contribution in [3.05, 3.63) is 35.9 Å². The van der Waals surface area contributed by atoms with Crippen LogP contribution in [0.3, 0.4) is 0 Å². The Morgan fingerprint density at radius 3 is 2.84 bits per heavy atom. The molecule has 0 aliphatic rings. The number of nitrogens with one attached hydrogen (secondary N) is 1.